The molecule has 2 heterocycles. The smallest absolute Gasteiger partial charge is 0.253 e. The normalized spacial score (nSPS) is 11.0. The number of amides is 1. The molecule has 0 aliphatic carbocycles. The molecule has 0 atom stereocenters. The van der Waals surface area contributed by atoms with Gasteiger partial charge in [0.25, 0.3) is 5.91 Å². The number of carbonyl (C=O) groups is 1. The molecule has 0 spiro atoms. The lowest BCUT2D eigenvalue weighted by molar-refractivity contribution is 0.0755. The van der Waals surface area contributed by atoms with Crippen LogP contribution in [0.2, 0.25) is 0 Å². The Bertz CT molecular complexity index is 842. The predicted octanol–water partition coefficient (Wildman–Crippen LogP) is 3.78. The van der Waals surface area contributed by atoms with Crippen molar-refractivity contribution in [2.75, 3.05) is 12.4 Å². The molecule has 6 heteroatoms. The van der Waals surface area contributed by atoms with E-state index in [0.717, 1.165) is 21.6 Å². The average Bonchev–Trinajstić information content (AvgIpc) is 3.08. The maximum Gasteiger partial charge on any atom is 0.253 e. The van der Waals surface area contributed by atoms with Crippen molar-refractivity contribution in [3.8, 4) is 0 Å². The zero-order valence-electron chi connectivity index (χ0n) is 14.0. The predicted molar refractivity (Wildman–Crippen MR) is 98.4 cm³/mol. The van der Waals surface area contributed by atoms with Gasteiger partial charge in [-0.05, 0) is 43.0 Å². The van der Waals surface area contributed by atoms with E-state index in [1.807, 2.05) is 56.6 Å². The summed E-state index contributed by atoms with van der Waals surface area (Å²) in [4.78, 5) is 23.6. The van der Waals surface area contributed by atoms with E-state index in [-0.39, 0.29) is 11.9 Å². The van der Waals surface area contributed by atoms with Gasteiger partial charge < -0.3 is 10.2 Å². The highest BCUT2D eigenvalue weighted by Crippen LogP contribution is 2.24. The Morgan fingerprint density at radius 3 is 2.67 bits per heavy atom. The Morgan fingerprint density at radius 2 is 1.96 bits per heavy atom. The summed E-state index contributed by atoms with van der Waals surface area (Å²) in [6.45, 7) is 4.66. The molecular weight excluding hydrogens is 320 g/mol. The number of hydrogen-bond donors (Lipinski definition) is 1. The van der Waals surface area contributed by atoms with Crippen LogP contribution in [-0.2, 0) is 6.54 Å². The SMILES string of the molecule is CC(C)N(C)C(=O)c1ccc(CNc2ncnc3sccc23)cc1. The first kappa shape index (κ1) is 16.4. The minimum atomic E-state index is 0.0419. The molecule has 124 valence electrons. The van der Waals surface area contributed by atoms with E-state index in [0.29, 0.717) is 12.1 Å². The minimum Gasteiger partial charge on any atom is -0.365 e. The van der Waals surface area contributed by atoms with Gasteiger partial charge in [0.15, 0.2) is 0 Å². The summed E-state index contributed by atoms with van der Waals surface area (Å²) in [5.74, 6) is 0.876. The first-order chi connectivity index (χ1) is 11.6. The number of fused-ring (bicyclic) bond motifs is 1. The highest BCUT2D eigenvalue weighted by Gasteiger charge is 2.14. The molecule has 0 saturated heterocycles. The molecule has 1 aromatic carbocycles. The van der Waals surface area contributed by atoms with Crippen molar-refractivity contribution in [2.45, 2.75) is 26.4 Å². The number of nitrogens with zero attached hydrogens (tertiary/aromatic N) is 3. The Balaban J connectivity index is 1.68. The molecule has 0 unspecified atom stereocenters. The number of aromatic nitrogens is 2. The van der Waals surface area contributed by atoms with Gasteiger partial charge in [0, 0.05) is 25.2 Å². The van der Waals surface area contributed by atoms with Crippen LogP contribution < -0.4 is 5.32 Å². The molecule has 0 radical (unpaired) electrons. The van der Waals surface area contributed by atoms with E-state index in [1.54, 1.807) is 22.6 Å². The van der Waals surface area contributed by atoms with Crippen molar-refractivity contribution in [3.63, 3.8) is 0 Å². The summed E-state index contributed by atoms with van der Waals surface area (Å²) in [5.41, 5.74) is 1.80. The fourth-order valence-corrected chi connectivity index (χ4v) is 3.05. The Morgan fingerprint density at radius 1 is 1.21 bits per heavy atom. The Hall–Kier alpha value is -2.47. The van der Waals surface area contributed by atoms with Crippen LogP contribution in [0.3, 0.4) is 0 Å². The molecule has 3 rings (SSSR count). The van der Waals surface area contributed by atoms with Crippen molar-refractivity contribution in [1.29, 1.82) is 0 Å². The van der Waals surface area contributed by atoms with Crippen molar-refractivity contribution >= 4 is 33.3 Å². The lowest BCUT2D eigenvalue weighted by Crippen LogP contribution is -2.32. The monoisotopic (exact) mass is 340 g/mol. The second-order valence-electron chi connectivity index (χ2n) is 5.92. The summed E-state index contributed by atoms with van der Waals surface area (Å²) in [6.07, 6.45) is 1.57. The number of rotatable bonds is 5. The number of benzene rings is 1. The summed E-state index contributed by atoms with van der Waals surface area (Å²) < 4.78 is 0. The molecule has 0 fully saturated rings. The van der Waals surface area contributed by atoms with Crippen LogP contribution in [0, 0.1) is 0 Å². The van der Waals surface area contributed by atoms with Crippen molar-refractivity contribution in [1.82, 2.24) is 14.9 Å². The summed E-state index contributed by atoms with van der Waals surface area (Å²) in [5, 5.41) is 6.39. The molecule has 24 heavy (non-hydrogen) atoms. The summed E-state index contributed by atoms with van der Waals surface area (Å²) >= 11 is 1.60. The van der Waals surface area contributed by atoms with Gasteiger partial charge in [-0.25, -0.2) is 9.97 Å². The van der Waals surface area contributed by atoms with Crippen LogP contribution in [0.25, 0.3) is 10.2 Å². The summed E-state index contributed by atoms with van der Waals surface area (Å²) in [7, 11) is 1.82. The lowest BCUT2D eigenvalue weighted by atomic mass is 10.1. The summed E-state index contributed by atoms with van der Waals surface area (Å²) in [6, 6.07) is 9.90. The number of anilines is 1. The van der Waals surface area contributed by atoms with Gasteiger partial charge in [-0.1, -0.05) is 12.1 Å². The molecule has 0 saturated carbocycles. The third-order valence-electron chi connectivity index (χ3n) is 4.02. The molecule has 5 nitrogen and oxygen atoms in total. The highest BCUT2D eigenvalue weighted by molar-refractivity contribution is 7.16. The van der Waals surface area contributed by atoms with Crippen molar-refractivity contribution in [3.05, 3.63) is 53.2 Å². The third kappa shape index (κ3) is 3.38. The van der Waals surface area contributed by atoms with Gasteiger partial charge in [-0.2, -0.15) is 0 Å². The largest absolute Gasteiger partial charge is 0.365 e. The van der Waals surface area contributed by atoms with Crippen LogP contribution >= 0.6 is 11.3 Å². The van der Waals surface area contributed by atoms with Gasteiger partial charge in [0.1, 0.15) is 17.0 Å². The second-order valence-corrected chi connectivity index (χ2v) is 6.82. The van der Waals surface area contributed by atoms with Gasteiger partial charge in [-0.15, -0.1) is 11.3 Å². The zero-order chi connectivity index (χ0) is 17.1. The van der Waals surface area contributed by atoms with Gasteiger partial charge >= 0.3 is 0 Å². The van der Waals surface area contributed by atoms with E-state index < -0.39 is 0 Å². The van der Waals surface area contributed by atoms with Crippen LogP contribution in [0.15, 0.2) is 42.0 Å². The number of carbonyl (C=O) groups excluding carboxylic acids is 1. The van der Waals surface area contributed by atoms with Crippen molar-refractivity contribution in [2.24, 2.45) is 0 Å². The standard InChI is InChI=1S/C18H20N4OS/c1-12(2)22(3)18(23)14-6-4-13(5-7-14)10-19-16-15-8-9-24-17(15)21-11-20-16/h4-9,11-12H,10H2,1-3H3,(H,19,20,21). The van der Waals surface area contributed by atoms with Gasteiger partial charge in [-0.3, -0.25) is 4.79 Å². The van der Waals surface area contributed by atoms with E-state index in [9.17, 15) is 4.79 Å². The Kier molecular flexibility index (Phi) is 4.76. The molecule has 1 N–H and O–H groups in total. The van der Waals surface area contributed by atoms with E-state index >= 15 is 0 Å². The average molecular weight is 340 g/mol. The van der Waals surface area contributed by atoms with Crippen molar-refractivity contribution < 1.29 is 4.79 Å². The van der Waals surface area contributed by atoms with Gasteiger partial charge in [0.2, 0.25) is 0 Å². The molecule has 1 amide bonds. The number of thiophene rings is 1. The second kappa shape index (κ2) is 6.97. The maximum atomic E-state index is 12.3. The molecular formula is C18H20N4OS. The molecule has 0 aliphatic heterocycles. The fourth-order valence-electron chi connectivity index (χ4n) is 2.32. The minimum absolute atomic E-state index is 0.0419. The third-order valence-corrected chi connectivity index (χ3v) is 4.84. The maximum absolute atomic E-state index is 12.3. The first-order valence-electron chi connectivity index (χ1n) is 7.84. The zero-order valence-corrected chi connectivity index (χ0v) is 14.8. The molecule has 3 aromatic rings. The van der Waals surface area contributed by atoms with Crippen LogP contribution in [0.1, 0.15) is 29.8 Å². The quantitative estimate of drug-likeness (QED) is 0.768. The number of hydrogen-bond acceptors (Lipinski definition) is 5. The number of nitrogens with one attached hydrogen (secondary N) is 1. The lowest BCUT2D eigenvalue weighted by Gasteiger charge is -2.21. The van der Waals surface area contributed by atoms with Crippen LogP contribution in [0.5, 0.6) is 0 Å². The van der Waals surface area contributed by atoms with Crippen LogP contribution in [0.4, 0.5) is 5.82 Å². The molecule has 0 aliphatic rings. The Labute approximate surface area is 145 Å². The van der Waals surface area contributed by atoms with Crippen LogP contribution in [-0.4, -0.2) is 33.9 Å². The van der Waals surface area contributed by atoms with E-state index in [4.69, 9.17) is 0 Å². The van der Waals surface area contributed by atoms with E-state index in [1.165, 1.54) is 0 Å². The van der Waals surface area contributed by atoms with E-state index in [2.05, 4.69) is 15.3 Å². The highest BCUT2D eigenvalue weighted by atomic mass is 32.1. The van der Waals surface area contributed by atoms with Gasteiger partial charge in [0.05, 0.1) is 5.39 Å². The fraction of sp³-hybridized carbons (Fsp3) is 0.278. The molecule has 0 bridgehead atoms. The molecule has 2 aromatic heterocycles. The first-order valence-corrected chi connectivity index (χ1v) is 8.72. The topological polar surface area (TPSA) is 58.1 Å².